The molecular formula is C13H28O2. The van der Waals surface area contributed by atoms with Crippen LogP contribution in [0.4, 0.5) is 0 Å². The van der Waals surface area contributed by atoms with Gasteiger partial charge in [0.2, 0.25) is 0 Å². The van der Waals surface area contributed by atoms with Crippen LogP contribution in [-0.4, -0.2) is 23.9 Å². The normalized spacial score (nSPS) is 15.2. The second-order valence-corrected chi connectivity index (χ2v) is 4.53. The predicted octanol–water partition coefficient (Wildman–Crippen LogP) is 3.52. The molecule has 0 saturated carbocycles. The molecule has 0 amide bonds. The summed E-state index contributed by atoms with van der Waals surface area (Å²) in [5.74, 6) is 0. The highest BCUT2D eigenvalue weighted by Crippen LogP contribution is 2.07. The average Bonchev–Trinajstić information content (AvgIpc) is 2.15. The third-order valence-corrected chi connectivity index (χ3v) is 2.57. The fourth-order valence-electron chi connectivity index (χ4n) is 1.72. The average molecular weight is 216 g/mol. The second-order valence-electron chi connectivity index (χ2n) is 4.53. The van der Waals surface area contributed by atoms with Gasteiger partial charge in [0.15, 0.2) is 0 Å². The largest absolute Gasteiger partial charge is 0.393 e. The molecule has 0 aromatic rings. The first-order valence-electron chi connectivity index (χ1n) is 6.46. The van der Waals surface area contributed by atoms with Gasteiger partial charge in [-0.25, -0.2) is 0 Å². The predicted molar refractivity (Wildman–Crippen MR) is 65.1 cm³/mol. The first-order valence-corrected chi connectivity index (χ1v) is 6.46. The number of rotatable bonds is 10. The highest BCUT2D eigenvalue weighted by atomic mass is 16.5. The molecule has 2 heteroatoms. The molecule has 1 N–H and O–H groups in total. The van der Waals surface area contributed by atoms with E-state index in [-0.39, 0.29) is 12.2 Å². The summed E-state index contributed by atoms with van der Waals surface area (Å²) in [6, 6.07) is 0. The summed E-state index contributed by atoms with van der Waals surface area (Å²) in [6.07, 6.45) is 8.50. The first kappa shape index (κ1) is 14.9. The van der Waals surface area contributed by atoms with Crippen molar-refractivity contribution in [2.24, 2.45) is 0 Å². The van der Waals surface area contributed by atoms with Crippen molar-refractivity contribution in [2.45, 2.75) is 77.9 Å². The van der Waals surface area contributed by atoms with E-state index in [0.29, 0.717) is 0 Å². The van der Waals surface area contributed by atoms with E-state index in [1.54, 1.807) is 0 Å². The SMILES string of the molecule is CCCCCCCCOC(C)CC(C)O. The van der Waals surface area contributed by atoms with Crippen LogP contribution < -0.4 is 0 Å². The number of unbranched alkanes of at least 4 members (excludes halogenated alkanes) is 5. The zero-order valence-corrected chi connectivity index (χ0v) is 10.7. The van der Waals surface area contributed by atoms with E-state index in [1.165, 1.54) is 32.1 Å². The van der Waals surface area contributed by atoms with Crippen molar-refractivity contribution in [2.75, 3.05) is 6.61 Å². The molecular weight excluding hydrogens is 188 g/mol. The van der Waals surface area contributed by atoms with E-state index in [0.717, 1.165) is 19.4 Å². The molecule has 0 aromatic carbocycles. The molecule has 0 aromatic heterocycles. The van der Waals surface area contributed by atoms with Gasteiger partial charge in [-0.1, -0.05) is 39.0 Å². The van der Waals surface area contributed by atoms with Crippen molar-refractivity contribution in [1.29, 1.82) is 0 Å². The fraction of sp³-hybridized carbons (Fsp3) is 1.00. The third kappa shape index (κ3) is 11.8. The van der Waals surface area contributed by atoms with Crippen LogP contribution in [-0.2, 0) is 4.74 Å². The lowest BCUT2D eigenvalue weighted by atomic mass is 10.1. The molecule has 0 heterocycles. The molecule has 0 aliphatic carbocycles. The fourth-order valence-corrected chi connectivity index (χ4v) is 1.72. The summed E-state index contributed by atoms with van der Waals surface area (Å²) in [4.78, 5) is 0. The van der Waals surface area contributed by atoms with Crippen molar-refractivity contribution in [1.82, 2.24) is 0 Å². The summed E-state index contributed by atoms with van der Waals surface area (Å²) in [7, 11) is 0. The number of aliphatic hydroxyl groups is 1. The molecule has 0 rings (SSSR count). The van der Waals surface area contributed by atoms with Gasteiger partial charge in [0.1, 0.15) is 0 Å². The molecule has 0 saturated heterocycles. The Labute approximate surface area is 95.0 Å². The lowest BCUT2D eigenvalue weighted by Gasteiger charge is -2.14. The maximum atomic E-state index is 9.14. The molecule has 0 aliphatic rings. The molecule has 92 valence electrons. The Kier molecular flexibility index (Phi) is 10.4. The van der Waals surface area contributed by atoms with E-state index in [4.69, 9.17) is 9.84 Å². The number of hydrogen-bond donors (Lipinski definition) is 1. The van der Waals surface area contributed by atoms with Crippen molar-refractivity contribution >= 4 is 0 Å². The lowest BCUT2D eigenvalue weighted by molar-refractivity contribution is 0.0273. The summed E-state index contributed by atoms with van der Waals surface area (Å²) >= 11 is 0. The lowest BCUT2D eigenvalue weighted by Crippen LogP contribution is -2.16. The molecule has 0 aliphatic heterocycles. The molecule has 0 radical (unpaired) electrons. The van der Waals surface area contributed by atoms with Gasteiger partial charge in [-0.2, -0.15) is 0 Å². The van der Waals surface area contributed by atoms with Crippen LogP contribution in [0.5, 0.6) is 0 Å². The molecule has 15 heavy (non-hydrogen) atoms. The summed E-state index contributed by atoms with van der Waals surface area (Å²) in [5.41, 5.74) is 0. The summed E-state index contributed by atoms with van der Waals surface area (Å²) in [6.45, 7) is 6.93. The van der Waals surface area contributed by atoms with Crippen LogP contribution >= 0.6 is 0 Å². The Morgan fingerprint density at radius 1 is 1.00 bits per heavy atom. The third-order valence-electron chi connectivity index (χ3n) is 2.57. The van der Waals surface area contributed by atoms with Gasteiger partial charge in [-0.3, -0.25) is 0 Å². The molecule has 0 fully saturated rings. The van der Waals surface area contributed by atoms with Crippen LogP contribution in [0.25, 0.3) is 0 Å². The summed E-state index contributed by atoms with van der Waals surface area (Å²) in [5, 5.41) is 9.14. The Balaban J connectivity index is 3.09. The maximum absolute atomic E-state index is 9.14. The molecule has 0 spiro atoms. The number of ether oxygens (including phenoxy) is 1. The molecule has 2 unspecified atom stereocenters. The Bertz CT molecular complexity index is 124. The van der Waals surface area contributed by atoms with Crippen molar-refractivity contribution in [3.8, 4) is 0 Å². The number of aliphatic hydroxyl groups excluding tert-OH is 1. The smallest absolute Gasteiger partial charge is 0.0571 e. The van der Waals surface area contributed by atoms with E-state index < -0.39 is 0 Å². The highest BCUT2D eigenvalue weighted by molar-refractivity contribution is 4.55. The molecule has 2 nitrogen and oxygen atoms in total. The van der Waals surface area contributed by atoms with E-state index >= 15 is 0 Å². The maximum Gasteiger partial charge on any atom is 0.0571 e. The topological polar surface area (TPSA) is 29.5 Å². The van der Waals surface area contributed by atoms with E-state index in [2.05, 4.69) is 6.92 Å². The van der Waals surface area contributed by atoms with Crippen molar-refractivity contribution in [3.05, 3.63) is 0 Å². The van der Waals surface area contributed by atoms with Crippen LogP contribution in [0.1, 0.15) is 65.7 Å². The minimum Gasteiger partial charge on any atom is -0.393 e. The monoisotopic (exact) mass is 216 g/mol. The quantitative estimate of drug-likeness (QED) is 0.566. The molecule has 0 bridgehead atoms. The number of hydrogen-bond acceptors (Lipinski definition) is 2. The van der Waals surface area contributed by atoms with E-state index in [9.17, 15) is 0 Å². The zero-order valence-electron chi connectivity index (χ0n) is 10.7. The zero-order chi connectivity index (χ0) is 11.5. The standard InChI is InChI=1S/C13H28O2/c1-4-5-6-7-8-9-10-15-13(3)11-12(2)14/h12-14H,4-11H2,1-3H3. The summed E-state index contributed by atoms with van der Waals surface area (Å²) < 4.78 is 5.60. The van der Waals surface area contributed by atoms with Gasteiger partial charge in [-0.05, 0) is 26.7 Å². The minimum atomic E-state index is -0.246. The van der Waals surface area contributed by atoms with Gasteiger partial charge in [-0.15, -0.1) is 0 Å². The minimum absolute atomic E-state index is 0.195. The van der Waals surface area contributed by atoms with E-state index in [1.807, 2.05) is 13.8 Å². The highest BCUT2D eigenvalue weighted by Gasteiger charge is 2.05. The Hall–Kier alpha value is -0.0800. The van der Waals surface area contributed by atoms with Crippen LogP contribution in [0.2, 0.25) is 0 Å². The van der Waals surface area contributed by atoms with Crippen LogP contribution in [0.15, 0.2) is 0 Å². The van der Waals surface area contributed by atoms with Gasteiger partial charge >= 0.3 is 0 Å². The van der Waals surface area contributed by atoms with Gasteiger partial charge in [0, 0.05) is 6.61 Å². The molecule has 2 atom stereocenters. The Morgan fingerprint density at radius 2 is 1.60 bits per heavy atom. The van der Waals surface area contributed by atoms with Gasteiger partial charge in [0.25, 0.3) is 0 Å². The van der Waals surface area contributed by atoms with Crippen molar-refractivity contribution < 1.29 is 9.84 Å². The van der Waals surface area contributed by atoms with Gasteiger partial charge < -0.3 is 9.84 Å². The first-order chi connectivity index (χ1) is 7.16. The van der Waals surface area contributed by atoms with Crippen LogP contribution in [0.3, 0.4) is 0 Å². The Morgan fingerprint density at radius 3 is 2.20 bits per heavy atom. The van der Waals surface area contributed by atoms with Crippen LogP contribution in [0, 0.1) is 0 Å². The second kappa shape index (κ2) is 10.4. The van der Waals surface area contributed by atoms with Gasteiger partial charge in [0.05, 0.1) is 12.2 Å². The van der Waals surface area contributed by atoms with Crippen molar-refractivity contribution in [3.63, 3.8) is 0 Å².